The van der Waals surface area contributed by atoms with Crippen LogP contribution in [0.4, 0.5) is 5.13 Å². The first-order chi connectivity index (χ1) is 8.78. The van der Waals surface area contributed by atoms with Crippen LogP contribution in [-0.4, -0.2) is 21.5 Å². The molecule has 6 heteroatoms. The fourth-order valence-corrected chi connectivity index (χ4v) is 2.21. The van der Waals surface area contributed by atoms with Crippen molar-refractivity contribution in [2.75, 3.05) is 12.8 Å². The van der Waals surface area contributed by atoms with Crippen LogP contribution < -0.4 is 10.5 Å². The fraction of sp³-hybridized carbons (Fsp3) is 0.0833. The normalized spacial score (nSPS) is 10.7. The van der Waals surface area contributed by atoms with Crippen LogP contribution in [0, 0.1) is 0 Å². The van der Waals surface area contributed by atoms with E-state index in [-0.39, 0.29) is 0 Å². The zero-order chi connectivity index (χ0) is 12.5. The van der Waals surface area contributed by atoms with Gasteiger partial charge in [0, 0.05) is 23.0 Å². The van der Waals surface area contributed by atoms with Gasteiger partial charge in [-0.1, -0.05) is 12.1 Å². The fourth-order valence-electron chi connectivity index (χ4n) is 1.77. The maximum Gasteiger partial charge on any atom is 0.200 e. The number of para-hydroxylation sites is 1. The first-order valence-electron chi connectivity index (χ1n) is 5.31. The number of methoxy groups -OCH3 is 1. The lowest BCUT2D eigenvalue weighted by atomic mass is 10.2. The quantitative estimate of drug-likeness (QED) is 0.763. The highest BCUT2D eigenvalue weighted by Crippen LogP contribution is 2.29. The largest absolute Gasteiger partial charge is 0.496 e. The summed E-state index contributed by atoms with van der Waals surface area (Å²) >= 11 is 1.15. The third-order valence-corrected chi connectivity index (χ3v) is 3.11. The number of fused-ring (bicyclic) bond motifs is 1. The van der Waals surface area contributed by atoms with Crippen molar-refractivity contribution in [3.63, 3.8) is 0 Å². The van der Waals surface area contributed by atoms with Gasteiger partial charge in [0.05, 0.1) is 12.6 Å². The third-order valence-electron chi connectivity index (χ3n) is 2.57. The predicted octanol–water partition coefficient (Wildman–Crippen LogP) is 2.34. The molecule has 2 heterocycles. The molecule has 18 heavy (non-hydrogen) atoms. The third kappa shape index (κ3) is 1.76. The Balaban J connectivity index is 2.25. The van der Waals surface area contributed by atoms with Crippen molar-refractivity contribution in [2.45, 2.75) is 0 Å². The van der Waals surface area contributed by atoms with Crippen molar-refractivity contribution < 1.29 is 4.74 Å². The van der Waals surface area contributed by atoms with Crippen molar-refractivity contribution >= 4 is 27.6 Å². The van der Waals surface area contributed by atoms with Crippen LogP contribution in [0.1, 0.15) is 0 Å². The standard InChI is InChI=1S/C12H10N4OS/c1-17-10-6-9(11-15-12(13)18-16-11)14-8-5-3-2-4-7(8)10/h2-6H,1H3,(H2,13,15,16). The van der Waals surface area contributed by atoms with Gasteiger partial charge in [-0.2, -0.15) is 9.36 Å². The molecular weight excluding hydrogens is 248 g/mol. The van der Waals surface area contributed by atoms with Gasteiger partial charge in [-0.3, -0.25) is 0 Å². The number of hydrogen-bond donors (Lipinski definition) is 1. The zero-order valence-electron chi connectivity index (χ0n) is 9.62. The molecule has 0 saturated carbocycles. The van der Waals surface area contributed by atoms with Gasteiger partial charge in [-0.05, 0) is 12.1 Å². The minimum Gasteiger partial charge on any atom is -0.496 e. The number of nitrogens with zero attached hydrogens (tertiary/aromatic N) is 3. The molecule has 0 aliphatic heterocycles. The van der Waals surface area contributed by atoms with E-state index in [1.807, 2.05) is 30.3 Å². The molecule has 0 aliphatic rings. The lowest BCUT2D eigenvalue weighted by Gasteiger charge is -2.06. The maximum absolute atomic E-state index is 5.59. The van der Waals surface area contributed by atoms with Crippen LogP contribution in [0.3, 0.4) is 0 Å². The second kappa shape index (κ2) is 4.23. The summed E-state index contributed by atoms with van der Waals surface area (Å²) in [5.74, 6) is 1.28. The number of nitrogen functional groups attached to an aromatic ring is 1. The Hall–Kier alpha value is -2.21. The lowest BCUT2D eigenvalue weighted by molar-refractivity contribution is 0.419. The number of rotatable bonds is 2. The van der Waals surface area contributed by atoms with Gasteiger partial charge >= 0.3 is 0 Å². The minimum atomic E-state index is 0.430. The Morgan fingerprint density at radius 1 is 1.22 bits per heavy atom. The summed E-state index contributed by atoms with van der Waals surface area (Å²) in [6, 6.07) is 9.60. The van der Waals surface area contributed by atoms with Crippen LogP contribution in [0.25, 0.3) is 22.4 Å². The molecule has 2 aromatic heterocycles. The van der Waals surface area contributed by atoms with Crippen LogP contribution in [-0.2, 0) is 0 Å². The van der Waals surface area contributed by atoms with Gasteiger partial charge in [0.2, 0.25) is 0 Å². The summed E-state index contributed by atoms with van der Waals surface area (Å²) in [5, 5.41) is 1.39. The highest BCUT2D eigenvalue weighted by Gasteiger charge is 2.11. The van der Waals surface area contributed by atoms with E-state index in [1.54, 1.807) is 7.11 Å². The Labute approximate surface area is 107 Å². The van der Waals surface area contributed by atoms with Crippen LogP contribution >= 0.6 is 11.5 Å². The molecule has 0 spiro atoms. The minimum absolute atomic E-state index is 0.430. The van der Waals surface area contributed by atoms with Crippen molar-refractivity contribution in [1.29, 1.82) is 0 Å². The van der Waals surface area contributed by atoms with Gasteiger partial charge in [0.15, 0.2) is 11.0 Å². The molecule has 3 aromatic rings. The average Bonchev–Trinajstić information content (AvgIpc) is 2.84. The van der Waals surface area contributed by atoms with E-state index < -0.39 is 0 Å². The SMILES string of the molecule is COc1cc(-c2nsc(N)n2)nc2ccccc12. The summed E-state index contributed by atoms with van der Waals surface area (Å²) in [7, 11) is 1.63. The van der Waals surface area contributed by atoms with E-state index in [1.165, 1.54) is 0 Å². The Bertz CT molecular complexity index is 710. The second-order valence-electron chi connectivity index (χ2n) is 3.68. The smallest absolute Gasteiger partial charge is 0.200 e. The maximum atomic E-state index is 5.59. The average molecular weight is 258 g/mol. The molecule has 0 radical (unpaired) electrons. The monoisotopic (exact) mass is 258 g/mol. The molecule has 3 rings (SSSR count). The van der Waals surface area contributed by atoms with E-state index in [0.717, 1.165) is 28.2 Å². The Morgan fingerprint density at radius 3 is 2.78 bits per heavy atom. The summed E-state index contributed by atoms with van der Waals surface area (Å²) < 4.78 is 9.53. The van der Waals surface area contributed by atoms with E-state index in [9.17, 15) is 0 Å². The predicted molar refractivity (Wildman–Crippen MR) is 71.6 cm³/mol. The van der Waals surface area contributed by atoms with Gasteiger partial charge in [-0.15, -0.1) is 0 Å². The van der Waals surface area contributed by atoms with Gasteiger partial charge in [0.1, 0.15) is 11.4 Å². The van der Waals surface area contributed by atoms with E-state index in [0.29, 0.717) is 16.6 Å². The van der Waals surface area contributed by atoms with E-state index in [2.05, 4.69) is 14.3 Å². The molecule has 0 bridgehead atoms. The highest BCUT2D eigenvalue weighted by atomic mass is 32.1. The highest BCUT2D eigenvalue weighted by molar-refractivity contribution is 7.09. The Kier molecular flexibility index (Phi) is 2.56. The lowest BCUT2D eigenvalue weighted by Crippen LogP contribution is -1.92. The summed E-state index contributed by atoms with van der Waals surface area (Å²) in [6.45, 7) is 0. The number of pyridine rings is 1. The summed E-state index contributed by atoms with van der Waals surface area (Å²) in [4.78, 5) is 8.64. The molecule has 0 amide bonds. The number of hydrogen-bond acceptors (Lipinski definition) is 6. The van der Waals surface area contributed by atoms with Gasteiger partial charge in [-0.25, -0.2) is 4.98 Å². The number of aromatic nitrogens is 3. The molecule has 0 saturated heterocycles. The number of benzene rings is 1. The molecule has 0 unspecified atom stereocenters. The number of nitrogens with two attached hydrogens (primary N) is 1. The van der Waals surface area contributed by atoms with E-state index in [4.69, 9.17) is 10.5 Å². The van der Waals surface area contributed by atoms with Crippen molar-refractivity contribution in [3.05, 3.63) is 30.3 Å². The zero-order valence-corrected chi connectivity index (χ0v) is 10.4. The molecule has 0 aliphatic carbocycles. The first kappa shape index (κ1) is 10.9. The molecular formula is C12H10N4OS. The van der Waals surface area contributed by atoms with Crippen LogP contribution in [0.2, 0.25) is 0 Å². The van der Waals surface area contributed by atoms with Crippen molar-refractivity contribution in [1.82, 2.24) is 14.3 Å². The summed E-state index contributed by atoms with van der Waals surface area (Å²) in [5.41, 5.74) is 7.10. The van der Waals surface area contributed by atoms with Gasteiger partial charge in [0.25, 0.3) is 0 Å². The van der Waals surface area contributed by atoms with Crippen LogP contribution in [0.5, 0.6) is 5.75 Å². The molecule has 0 atom stereocenters. The number of ether oxygens (including phenoxy) is 1. The summed E-state index contributed by atoms with van der Waals surface area (Å²) in [6.07, 6.45) is 0. The van der Waals surface area contributed by atoms with Crippen LogP contribution in [0.15, 0.2) is 30.3 Å². The van der Waals surface area contributed by atoms with Crippen molar-refractivity contribution in [2.24, 2.45) is 0 Å². The van der Waals surface area contributed by atoms with Crippen molar-refractivity contribution in [3.8, 4) is 17.3 Å². The first-order valence-corrected chi connectivity index (χ1v) is 6.08. The topological polar surface area (TPSA) is 73.9 Å². The van der Waals surface area contributed by atoms with E-state index >= 15 is 0 Å². The molecule has 90 valence electrons. The molecule has 2 N–H and O–H groups in total. The second-order valence-corrected chi connectivity index (χ2v) is 4.47. The Morgan fingerprint density at radius 2 is 2.06 bits per heavy atom. The number of anilines is 1. The van der Waals surface area contributed by atoms with Gasteiger partial charge < -0.3 is 10.5 Å². The molecule has 5 nitrogen and oxygen atoms in total. The molecule has 1 aromatic carbocycles. The molecule has 0 fully saturated rings.